The van der Waals surface area contributed by atoms with Crippen molar-refractivity contribution in [1.29, 1.82) is 0 Å². The molecular formula is C24H15Cl4NO5. The Morgan fingerprint density at radius 1 is 0.912 bits per heavy atom. The summed E-state index contributed by atoms with van der Waals surface area (Å²) in [5.74, 6) is -2.31. The number of amides is 1. The van der Waals surface area contributed by atoms with Crippen molar-refractivity contribution >= 4 is 69.5 Å². The van der Waals surface area contributed by atoms with E-state index in [9.17, 15) is 19.8 Å². The average molecular weight is 539 g/mol. The summed E-state index contributed by atoms with van der Waals surface area (Å²) >= 11 is 24.5. The first-order valence-corrected chi connectivity index (χ1v) is 11.2. The van der Waals surface area contributed by atoms with Gasteiger partial charge >= 0.3 is 0 Å². The maximum atomic E-state index is 13.3. The van der Waals surface area contributed by atoms with E-state index in [0.29, 0.717) is 5.56 Å². The van der Waals surface area contributed by atoms with Crippen LogP contribution in [0.2, 0.25) is 20.1 Å². The number of halogens is 4. The molecule has 1 heterocycles. The molecule has 1 atom stereocenters. The molecule has 34 heavy (non-hydrogen) atoms. The van der Waals surface area contributed by atoms with Gasteiger partial charge in [0.1, 0.15) is 17.3 Å². The number of anilines is 1. The van der Waals surface area contributed by atoms with Crippen molar-refractivity contribution in [3.8, 4) is 11.5 Å². The Bertz CT molecular complexity index is 1350. The molecule has 3 aromatic rings. The lowest BCUT2D eigenvalue weighted by atomic mass is 9.94. The van der Waals surface area contributed by atoms with Gasteiger partial charge in [-0.1, -0.05) is 58.5 Å². The van der Waals surface area contributed by atoms with Gasteiger partial charge in [-0.25, -0.2) is 0 Å². The summed E-state index contributed by atoms with van der Waals surface area (Å²) in [4.78, 5) is 27.7. The van der Waals surface area contributed by atoms with E-state index in [2.05, 4.69) is 0 Å². The van der Waals surface area contributed by atoms with Crippen molar-refractivity contribution in [2.75, 3.05) is 12.0 Å². The number of hydrogen-bond acceptors (Lipinski definition) is 5. The van der Waals surface area contributed by atoms with Gasteiger partial charge in [-0.3, -0.25) is 14.5 Å². The highest BCUT2D eigenvalue weighted by atomic mass is 35.5. The van der Waals surface area contributed by atoms with Crippen molar-refractivity contribution in [3.63, 3.8) is 0 Å². The number of phenols is 1. The van der Waals surface area contributed by atoms with Gasteiger partial charge in [-0.2, -0.15) is 0 Å². The first-order valence-electron chi connectivity index (χ1n) is 9.72. The SMILES string of the molecule is COc1c(Cl)cc(Cl)cc1/C(O)=C1\C(=O)C(=O)N(c2ccc(Cl)c(Cl)c2)C1c1ccc(O)cc1. The van der Waals surface area contributed by atoms with Crippen LogP contribution in [0.1, 0.15) is 17.2 Å². The zero-order chi connectivity index (χ0) is 24.7. The molecule has 10 heteroatoms. The average Bonchev–Trinajstić information content (AvgIpc) is 3.06. The number of aliphatic hydroxyl groups is 1. The molecule has 1 amide bonds. The third-order valence-corrected chi connectivity index (χ3v) is 6.54. The monoisotopic (exact) mass is 537 g/mol. The standard InChI is InChI=1S/C24H15Cl4NO5/c1-34-23-15(8-12(25)9-18(23)28)21(31)19-20(11-2-5-14(30)6-3-11)29(24(33)22(19)32)13-4-7-16(26)17(27)10-13/h2-10,20,30-31H,1H3/b21-19+. The molecule has 1 fully saturated rings. The van der Waals surface area contributed by atoms with E-state index < -0.39 is 23.5 Å². The van der Waals surface area contributed by atoms with E-state index in [1.807, 2.05) is 0 Å². The largest absolute Gasteiger partial charge is 0.508 e. The molecule has 1 unspecified atom stereocenters. The third kappa shape index (κ3) is 4.18. The Morgan fingerprint density at radius 3 is 2.21 bits per heavy atom. The number of benzene rings is 3. The number of carbonyl (C=O) groups excluding carboxylic acids is 2. The molecule has 0 aliphatic carbocycles. The van der Waals surface area contributed by atoms with Crippen LogP contribution in [-0.2, 0) is 9.59 Å². The summed E-state index contributed by atoms with van der Waals surface area (Å²) in [7, 11) is 1.34. The Hall–Kier alpha value is -2.90. The van der Waals surface area contributed by atoms with Gasteiger partial charge < -0.3 is 14.9 Å². The number of methoxy groups -OCH3 is 1. The number of ether oxygens (including phenoxy) is 1. The van der Waals surface area contributed by atoms with Gasteiger partial charge in [-0.15, -0.1) is 0 Å². The van der Waals surface area contributed by atoms with Crippen molar-refractivity contribution in [2.45, 2.75) is 6.04 Å². The molecule has 0 saturated carbocycles. The predicted molar refractivity (Wildman–Crippen MR) is 132 cm³/mol. The van der Waals surface area contributed by atoms with Crippen LogP contribution >= 0.6 is 46.4 Å². The maximum Gasteiger partial charge on any atom is 0.300 e. The Labute approximate surface area is 214 Å². The number of phenolic OH excluding ortho intramolecular Hbond substituents is 1. The third-order valence-electron chi connectivity index (χ3n) is 5.30. The molecule has 1 aliphatic rings. The summed E-state index contributed by atoms with van der Waals surface area (Å²) in [6, 6.07) is 12.1. The van der Waals surface area contributed by atoms with Crippen molar-refractivity contribution in [2.24, 2.45) is 0 Å². The van der Waals surface area contributed by atoms with Gasteiger partial charge in [0.2, 0.25) is 0 Å². The number of hydrogen-bond donors (Lipinski definition) is 2. The van der Waals surface area contributed by atoms with Crippen LogP contribution in [0.3, 0.4) is 0 Å². The first-order chi connectivity index (χ1) is 16.1. The minimum Gasteiger partial charge on any atom is -0.508 e. The van der Waals surface area contributed by atoms with Crippen LogP contribution in [0.5, 0.6) is 11.5 Å². The lowest BCUT2D eigenvalue weighted by Crippen LogP contribution is -2.29. The second-order valence-electron chi connectivity index (χ2n) is 7.33. The Morgan fingerprint density at radius 2 is 1.59 bits per heavy atom. The highest BCUT2D eigenvalue weighted by Crippen LogP contribution is 2.45. The van der Waals surface area contributed by atoms with Crippen molar-refractivity contribution in [1.82, 2.24) is 0 Å². The van der Waals surface area contributed by atoms with Crippen LogP contribution in [0.15, 0.2) is 60.2 Å². The minimum absolute atomic E-state index is 0.0152. The van der Waals surface area contributed by atoms with Crippen LogP contribution < -0.4 is 9.64 Å². The second kappa shape index (κ2) is 9.39. The summed E-state index contributed by atoms with van der Waals surface area (Å²) in [5.41, 5.74) is 0.538. The molecule has 1 aliphatic heterocycles. The number of aliphatic hydroxyl groups excluding tert-OH is 1. The molecule has 6 nitrogen and oxygen atoms in total. The number of rotatable bonds is 4. The van der Waals surface area contributed by atoms with Gasteiger partial charge in [0.15, 0.2) is 0 Å². The number of ketones is 1. The van der Waals surface area contributed by atoms with E-state index in [4.69, 9.17) is 51.1 Å². The fourth-order valence-electron chi connectivity index (χ4n) is 3.79. The van der Waals surface area contributed by atoms with E-state index in [1.165, 1.54) is 66.6 Å². The summed E-state index contributed by atoms with van der Waals surface area (Å²) in [6.45, 7) is 0. The summed E-state index contributed by atoms with van der Waals surface area (Å²) < 4.78 is 5.31. The van der Waals surface area contributed by atoms with E-state index >= 15 is 0 Å². The van der Waals surface area contributed by atoms with Crippen molar-refractivity contribution in [3.05, 3.63) is 91.4 Å². The molecule has 0 spiro atoms. The van der Waals surface area contributed by atoms with E-state index in [0.717, 1.165) is 0 Å². The molecular weight excluding hydrogens is 524 g/mol. The topological polar surface area (TPSA) is 87.1 Å². The quantitative estimate of drug-likeness (QED) is 0.221. The lowest BCUT2D eigenvalue weighted by Gasteiger charge is -2.26. The second-order valence-corrected chi connectivity index (χ2v) is 8.99. The zero-order valence-electron chi connectivity index (χ0n) is 17.4. The fourth-order valence-corrected chi connectivity index (χ4v) is 4.66. The molecule has 4 rings (SSSR count). The lowest BCUT2D eigenvalue weighted by molar-refractivity contribution is -0.132. The highest BCUT2D eigenvalue weighted by molar-refractivity contribution is 6.52. The number of aromatic hydroxyl groups is 1. The van der Waals surface area contributed by atoms with Crippen LogP contribution in [0.4, 0.5) is 5.69 Å². The smallest absolute Gasteiger partial charge is 0.300 e. The molecule has 2 N–H and O–H groups in total. The zero-order valence-corrected chi connectivity index (χ0v) is 20.4. The molecule has 0 radical (unpaired) electrons. The van der Waals surface area contributed by atoms with Gasteiger partial charge in [-0.05, 0) is 48.0 Å². The van der Waals surface area contributed by atoms with Crippen LogP contribution in [0.25, 0.3) is 5.76 Å². The molecule has 1 saturated heterocycles. The summed E-state index contributed by atoms with van der Waals surface area (Å²) in [6.07, 6.45) is 0. The molecule has 174 valence electrons. The van der Waals surface area contributed by atoms with Gasteiger partial charge in [0.25, 0.3) is 11.7 Å². The minimum atomic E-state index is -1.07. The molecule has 3 aromatic carbocycles. The predicted octanol–water partition coefficient (Wildman–Crippen LogP) is 6.64. The normalized spacial score (nSPS) is 17.3. The Kier molecular flexibility index (Phi) is 6.69. The van der Waals surface area contributed by atoms with E-state index in [1.54, 1.807) is 0 Å². The highest BCUT2D eigenvalue weighted by Gasteiger charge is 2.47. The fraction of sp³-hybridized carbons (Fsp3) is 0.0833. The van der Waals surface area contributed by atoms with Gasteiger partial charge in [0, 0.05) is 10.7 Å². The maximum absolute atomic E-state index is 13.3. The number of Topliss-reactive ketones (excluding diaryl/α,β-unsaturated/α-hetero) is 1. The number of carbonyl (C=O) groups is 2. The molecule has 0 bridgehead atoms. The van der Waals surface area contributed by atoms with Crippen LogP contribution in [-0.4, -0.2) is 29.0 Å². The Balaban J connectivity index is 2.01. The van der Waals surface area contributed by atoms with Gasteiger partial charge in [0.05, 0.1) is 39.4 Å². The first kappa shape index (κ1) is 24.2. The van der Waals surface area contributed by atoms with Crippen molar-refractivity contribution < 1.29 is 24.5 Å². The van der Waals surface area contributed by atoms with Crippen LogP contribution in [0, 0.1) is 0 Å². The number of nitrogens with zero attached hydrogens (tertiary/aromatic N) is 1. The summed E-state index contributed by atoms with van der Waals surface area (Å²) in [5, 5.41) is 21.8. The molecule has 0 aromatic heterocycles. The van der Waals surface area contributed by atoms with E-state index in [-0.39, 0.29) is 48.4 Å².